The summed E-state index contributed by atoms with van der Waals surface area (Å²) in [6.45, 7) is 8.22. The summed E-state index contributed by atoms with van der Waals surface area (Å²) in [7, 11) is 0. The van der Waals surface area contributed by atoms with Crippen molar-refractivity contribution in [1.29, 1.82) is 0 Å². The molecule has 0 bridgehead atoms. The molecule has 1 heterocycles. The van der Waals surface area contributed by atoms with Gasteiger partial charge in [-0.1, -0.05) is 43.3 Å². The predicted molar refractivity (Wildman–Crippen MR) is 95.6 cm³/mol. The molecule has 4 heteroatoms. The normalized spacial score (nSPS) is 12.2. The minimum absolute atomic E-state index is 0.264. The van der Waals surface area contributed by atoms with E-state index in [1.165, 1.54) is 12.5 Å². The third-order valence-electron chi connectivity index (χ3n) is 4.45. The summed E-state index contributed by atoms with van der Waals surface area (Å²) in [5.41, 5.74) is 3.01. The maximum absolute atomic E-state index is 12.6. The van der Waals surface area contributed by atoms with Gasteiger partial charge in [0.1, 0.15) is 5.78 Å². The van der Waals surface area contributed by atoms with E-state index in [4.69, 9.17) is 9.62 Å². The third-order valence-corrected chi connectivity index (χ3v) is 4.45. The number of furan rings is 1. The molecular formula is C20H25NO3. The highest BCUT2D eigenvalue weighted by Gasteiger charge is 2.29. The van der Waals surface area contributed by atoms with Crippen molar-refractivity contribution in [2.75, 3.05) is 0 Å². The number of oxime groups is 1. The molecule has 1 aromatic heterocycles. The van der Waals surface area contributed by atoms with Gasteiger partial charge in [-0.25, -0.2) is 0 Å². The number of hydrogen-bond acceptors (Lipinski definition) is 4. The Morgan fingerprint density at radius 3 is 2.50 bits per heavy atom. The van der Waals surface area contributed by atoms with Crippen molar-refractivity contribution in [1.82, 2.24) is 0 Å². The molecular weight excluding hydrogens is 302 g/mol. The van der Waals surface area contributed by atoms with Crippen molar-refractivity contribution in [2.24, 2.45) is 11.1 Å². The maximum atomic E-state index is 12.6. The van der Waals surface area contributed by atoms with Crippen molar-refractivity contribution < 1.29 is 14.4 Å². The van der Waals surface area contributed by atoms with Crippen LogP contribution in [0.5, 0.6) is 0 Å². The molecule has 1 N–H and O–H groups in total. The van der Waals surface area contributed by atoms with Gasteiger partial charge < -0.3 is 9.62 Å². The van der Waals surface area contributed by atoms with Crippen LogP contribution in [-0.4, -0.2) is 17.2 Å². The molecule has 2 aromatic rings. The summed E-state index contributed by atoms with van der Waals surface area (Å²) >= 11 is 0. The molecule has 0 atom stereocenters. The Morgan fingerprint density at radius 1 is 1.25 bits per heavy atom. The summed E-state index contributed by atoms with van der Waals surface area (Å²) in [5.74, 6) is 0.792. The van der Waals surface area contributed by atoms with Gasteiger partial charge in [0.15, 0.2) is 0 Å². The Balaban J connectivity index is 2.22. The smallest absolute Gasteiger partial charge is 0.142 e. The Bertz CT molecular complexity index is 709. The van der Waals surface area contributed by atoms with E-state index >= 15 is 0 Å². The zero-order valence-electron chi connectivity index (χ0n) is 14.7. The van der Waals surface area contributed by atoms with E-state index in [0.29, 0.717) is 17.9 Å². The van der Waals surface area contributed by atoms with E-state index in [1.54, 1.807) is 6.26 Å². The van der Waals surface area contributed by atoms with Gasteiger partial charge in [-0.05, 0) is 37.3 Å². The highest BCUT2D eigenvalue weighted by Crippen LogP contribution is 2.30. The second kappa shape index (κ2) is 7.47. The third kappa shape index (κ3) is 3.94. The summed E-state index contributed by atoms with van der Waals surface area (Å²) in [4.78, 5) is 12.6. The van der Waals surface area contributed by atoms with Crippen LogP contribution in [-0.2, 0) is 10.2 Å². The minimum atomic E-state index is -0.501. The Hall–Kier alpha value is -2.36. The van der Waals surface area contributed by atoms with Gasteiger partial charge in [0, 0.05) is 23.0 Å². The van der Waals surface area contributed by atoms with Crippen molar-refractivity contribution >= 4 is 12.0 Å². The van der Waals surface area contributed by atoms with Crippen LogP contribution in [0.1, 0.15) is 51.7 Å². The van der Waals surface area contributed by atoms with Gasteiger partial charge >= 0.3 is 0 Å². The van der Waals surface area contributed by atoms with Crippen molar-refractivity contribution in [3.63, 3.8) is 0 Å². The number of benzene rings is 1. The monoisotopic (exact) mass is 327 g/mol. The van der Waals surface area contributed by atoms with Crippen LogP contribution in [0.4, 0.5) is 0 Å². The summed E-state index contributed by atoms with van der Waals surface area (Å²) < 4.78 is 5.19. The van der Waals surface area contributed by atoms with Crippen LogP contribution in [0, 0.1) is 5.92 Å². The summed E-state index contributed by atoms with van der Waals surface area (Å²) in [6, 6.07) is 7.89. The fraction of sp³-hybridized carbons (Fsp3) is 0.400. The average Bonchev–Trinajstić information content (AvgIpc) is 3.01. The average molecular weight is 327 g/mol. The van der Waals surface area contributed by atoms with Gasteiger partial charge in [-0.3, -0.25) is 4.79 Å². The Morgan fingerprint density at radius 2 is 1.92 bits per heavy atom. The number of hydrogen-bond donors (Lipinski definition) is 1. The van der Waals surface area contributed by atoms with Gasteiger partial charge in [0.25, 0.3) is 0 Å². The van der Waals surface area contributed by atoms with Crippen LogP contribution >= 0.6 is 0 Å². The molecule has 4 nitrogen and oxygen atoms in total. The first-order valence-electron chi connectivity index (χ1n) is 8.24. The standard InChI is InChI=1S/C20H25NO3/c1-14(2)5-10-19(22)20(3,4)17-8-6-15(7-9-17)18-13-24-12-16(18)11-21-23/h6-9,11-14,23H,5,10H2,1-4H3/b21-11+. The zero-order chi connectivity index (χ0) is 17.7. The number of carbonyl (C=O) groups is 1. The lowest BCUT2D eigenvalue weighted by atomic mass is 9.78. The van der Waals surface area contributed by atoms with Crippen LogP contribution in [0.15, 0.2) is 46.4 Å². The summed E-state index contributed by atoms with van der Waals surface area (Å²) in [6.07, 6.45) is 6.00. The molecule has 0 saturated heterocycles. The molecule has 0 saturated carbocycles. The van der Waals surface area contributed by atoms with Crippen molar-refractivity contribution in [3.05, 3.63) is 47.9 Å². The van der Waals surface area contributed by atoms with Crippen LogP contribution < -0.4 is 0 Å². The molecule has 0 spiro atoms. The number of ketones is 1. The van der Waals surface area contributed by atoms with Crippen LogP contribution in [0.3, 0.4) is 0 Å². The second-order valence-corrected chi connectivity index (χ2v) is 7.04. The molecule has 24 heavy (non-hydrogen) atoms. The molecule has 128 valence electrons. The lowest BCUT2D eigenvalue weighted by Crippen LogP contribution is -2.29. The molecule has 0 aliphatic heterocycles. The minimum Gasteiger partial charge on any atom is -0.471 e. The number of Topliss-reactive ketones (excluding diaryl/α,β-unsaturated/α-hetero) is 1. The van der Waals surface area contributed by atoms with E-state index in [0.717, 1.165) is 23.1 Å². The molecule has 2 rings (SSSR count). The van der Waals surface area contributed by atoms with Gasteiger partial charge in [0.2, 0.25) is 0 Å². The fourth-order valence-corrected chi connectivity index (χ4v) is 2.66. The number of rotatable bonds is 7. The van der Waals surface area contributed by atoms with Gasteiger partial charge in [0.05, 0.1) is 18.7 Å². The number of nitrogens with zero attached hydrogens (tertiary/aromatic N) is 1. The van der Waals surface area contributed by atoms with Gasteiger partial charge in [-0.2, -0.15) is 0 Å². The highest BCUT2D eigenvalue weighted by atomic mass is 16.4. The summed E-state index contributed by atoms with van der Waals surface area (Å²) in [5, 5.41) is 11.8. The Kier molecular flexibility index (Phi) is 5.60. The molecule has 0 aliphatic rings. The molecule has 0 fully saturated rings. The quantitative estimate of drug-likeness (QED) is 0.440. The van der Waals surface area contributed by atoms with Crippen molar-refractivity contribution in [2.45, 2.75) is 46.0 Å². The fourth-order valence-electron chi connectivity index (χ4n) is 2.66. The second-order valence-electron chi connectivity index (χ2n) is 7.04. The van der Waals surface area contributed by atoms with E-state index < -0.39 is 5.41 Å². The predicted octanol–water partition coefficient (Wildman–Crippen LogP) is 5.04. The first-order chi connectivity index (χ1) is 11.4. The number of carbonyl (C=O) groups excluding carboxylic acids is 1. The molecule has 0 unspecified atom stereocenters. The molecule has 1 aromatic carbocycles. The van der Waals surface area contributed by atoms with Crippen LogP contribution in [0.2, 0.25) is 0 Å². The van der Waals surface area contributed by atoms with Gasteiger partial charge in [-0.15, -0.1) is 0 Å². The zero-order valence-corrected chi connectivity index (χ0v) is 14.7. The molecule has 0 amide bonds. The Labute approximate surface area is 143 Å². The lowest BCUT2D eigenvalue weighted by molar-refractivity contribution is -0.123. The first-order valence-corrected chi connectivity index (χ1v) is 8.24. The SMILES string of the molecule is CC(C)CCC(=O)C(C)(C)c1ccc(-c2cocc2/C=N/O)cc1. The van der Waals surface area contributed by atoms with E-state index in [1.807, 2.05) is 38.1 Å². The van der Waals surface area contributed by atoms with E-state index in [9.17, 15) is 4.79 Å². The largest absolute Gasteiger partial charge is 0.471 e. The first kappa shape index (κ1) is 18.0. The van der Waals surface area contributed by atoms with Crippen LogP contribution in [0.25, 0.3) is 11.1 Å². The topological polar surface area (TPSA) is 62.8 Å². The van der Waals surface area contributed by atoms with E-state index in [-0.39, 0.29) is 5.78 Å². The van der Waals surface area contributed by atoms with E-state index in [2.05, 4.69) is 19.0 Å². The molecule has 0 radical (unpaired) electrons. The molecule has 0 aliphatic carbocycles. The highest BCUT2D eigenvalue weighted by molar-refractivity contribution is 5.91. The van der Waals surface area contributed by atoms with Crippen molar-refractivity contribution in [3.8, 4) is 11.1 Å². The maximum Gasteiger partial charge on any atom is 0.142 e. The lowest BCUT2D eigenvalue weighted by Gasteiger charge is -2.24.